The molecule has 0 N–H and O–H groups in total. The van der Waals surface area contributed by atoms with Gasteiger partial charge < -0.3 is 9.47 Å². The predicted octanol–water partition coefficient (Wildman–Crippen LogP) is 4.19. The summed E-state index contributed by atoms with van der Waals surface area (Å²) < 4.78 is 11.6. The molecular formula is C17H15BrO3. The Hall–Kier alpha value is -1.81. The van der Waals surface area contributed by atoms with E-state index in [4.69, 9.17) is 9.47 Å². The molecule has 1 heterocycles. The first-order valence-electron chi connectivity index (χ1n) is 6.78. The van der Waals surface area contributed by atoms with Crippen molar-refractivity contribution in [3.8, 4) is 5.75 Å². The summed E-state index contributed by atoms with van der Waals surface area (Å²) in [5.74, 6) is 0.460. The Labute approximate surface area is 132 Å². The Balaban J connectivity index is 2.02. The average Bonchev–Trinajstić information content (AvgIpc) is 2.50. The minimum atomic E-state index is -0.363. The molecule has 3 atom stereocenters. The van der Waals surface area contributed by atoms with Crippen molar-refractivity contribution in [1.82, 2.24) is 0 Å². The van der Waals surface area contributed by atoms with Crippen LogP contribution >= 0.6 is 15.9 Å². The lowest BCUT2D eigenvalue weighted by Crippen LogP contribution is -2.32. The van der Waals surface area contributed by atoms with Crippen LogP contribution in [0, 0.1) is 0 Å². The van der Waals surface area contributed by atoms with Gasteiger partial charge in [-0.15, -0.1) is 0 Å². The number of esters is 1. The number of ether oxygens (including phenoxy) is 2. The second kappa shape index (κ2) is 5.90. The first kappa shape index (κ1) is 14.1. The van der Waals surface area contributed by atoms with Crippen LogP contribution in [0.25, 0.3) is 0 Å². The largest absolute Gasteiger partial charge is 0.484 e. The number of hydrogen-bond donors (Lipinski definition) is 0. The maximum Gasteiger partial charge on any atom is 0.303 e. The lowest BCUT2D eigenvalue weighted by atomic mass is 9.94. The third kappa shape index (κ3) is 2.81. The van der Waals surface area contributed by atoms with E-state index >= 15 is 0 Å². The molecule has 0 aromatic heterocycles. The van der Waals surface area contributed by atoms with Gasteiger partial charge in [0.2, 0.25) is 0 Å². The van der Waals surface area contributed by atoms with Crippen molar-refractivity contribution in [2.24, 2.45) is 0 Å². The second-order valence-corrected chi connectivity index (χ2v) is 6.02. The van der Waals surface area contributed by atoms with Crippen LogP contribution in [0.15, 0.2) is 54.6 Å². The van der Waals surface area contributed by atoms with Crippen LogP contribution in [0.1, 0.15) is 30.3 Å². The summed E-state index contributed by atoms with van der Waals surface area (Å²) in [5.41, 5.74) is 1.94. The molecule has 2 aromatic rings. The number of carbonyl (C=O) groups excluding carboxylic acids is 1. The van der Waals surface area contributed by atoms with Gasteiger partial charge in [0.15, 0.2) is 0 Å². The number of hydrogen-bond acceptors (Lipinski definition) is 3. The third-order valence-electron chi connectivity index (χ3n) is 3.48. The molecule has 0 saturated carbocycles. The van der Waals surface area contributed by atoms with Crippen LogP contribution in [0.3, 0.4) is 0 Å². The van der Waals surface area contributed by atoms with Crippen molar-refractivity contribution in [2.45, 2.75) is 24.0 Å². The van der Waals surface area contributed by atoms with E-state index in [2.05, 4.69) is 15.9 Å². The van der Waals surface area contributed by atoms with E-state index in [-0.39, 0.29) is 23.0 Å². The van der Waals surface area contributed by atoms with Gasteiger partial charge in [-0.25, -0.2) is 0 Å². The van der Waals surface area contributed by atoms with E-state index in [0.717, 1.165) is 16.9 Å². The van der Waals surface area contributed by atoms with Gasteiger partial charge in [-0.05, 0) is 11.6 Å². The Kier molecular flexibility index (Phi) is 3.97. The highest BCUT2D eigenvalue weighted by Gasteiger charge is 2.39. The fourth-order valence-corrected chi connectivity index (χ4v) is 3.36. The van der Waals surface area contributed by atoms with E-state index in [0.29, 0.717) is 0 Å². The zero-order valence-electron chi connectivity index (χ0n) is 11.5. The molecule has 0 aliphatic carbocycles. The minimum absolute atomic E-state index is 0.140. The Morgan fingerprint density at radius 1 is 1.10 bits per heavy atom. The van der Waals surface area contributed by atoms with Gasteiger partial charge in [-0.3, -0.25) is 4.79 Å². The quantitative estimate of drug-likeness (QED) is 0.604. The zero-order chi connectivity index (χ0) is 14.8. The molecular weight excluding hydrogens is 332 g/mol. The van der Waals surface area contributed by atoms with Crippen molar-refractivity contribution in [3.05, 3.63) is 65.7 Å². The maximum atomic E-state index is 11.4. The monoisotopic (exact) mass is 346 g/mol. The number of rotatable bonds is 2. The lowest BCUT2D eigenvalue weighted by molar-refractivity contribution is -0.148. The van der Waals surface area contributed by atoms with Crippen LogP contribution in [-0.2, 0) is 9.53 Å². The molecule has 0 bridgehead atoms. The smallest absolute Gasteiger partial charge is 0.303 e. The van der Waals surface area contributed by atoms with Crippen molar-refractivity contribution in [2.75, 3.05) is 0 Å². The van der Waals surface area contributed by atoms with Gasteiger partial charge >= 0.3 is 5.97 Å². The van der Waals surface area contributed by atoms with Crippen molar-refractivity contribution >= 4 is 21.9 Å². The fourth-order valence-electron chi connectivity index (χ4n) is 2.56. The van der Waals surface area contributed by atoms with Crippen LogP contribution in [0.2, 0.25) is 0 Å². The van der Waals surface area contributed by atoms with Crippen molar-refractivity contribution < 1.29 is 14.3 Å². The molecule has 0 fully saturated rings. The number of benzene rings is 2. The third-order valence-corrected chi connectivity index (χ3v) is 4.44. The summed E-state index contributed by atoms with van der Waals surface area (Å²) in [6.45, 7) is 1.43. The molecule has 1 aliphatic heterocycles. The lowest BCUT2D eigenvalue weighted by Gasteiger charge is -2.36. The Bertz CT molecular complexity index is 641. The highest BCUT2D eigenvalue weighted by Crippen LogP contribution is 2.46. The summed E-state index contributed by atoms with van der Waals surface area (Å²) in [7, 11) is 0. The standard InChI is InChI=1S/C17H15BrO3/c1-11(19)20-17-13-9-5-6-10-14(13)21-16(15(17)18)12-7-3-2-4-8-12/h2-10,15-17H,1H3/t15-,16+,17-/m0/s1. The van der Waals surface area contributed by atoms with Crippen LogP contribution in [0.5, 0.6) is 5.75 Å². The molecule has 0 amide bonds. The van der Waals surface area contributed by atoms with E-state index in [1.165, 1.54) is 6.92 Å². The molecule has 1 aliphatic rings. The van der Waals surface area contributed by atoms with Crippen molar-refractivity contribution in [3.63, 3.8) is 0 Å². The molecule has 0 saturated heterocycles. The minimum Gasteiger partial charge on any atom is -0.484 e. The number of para-hydroxylation sites is 1. The molecule has 0 radical (unpaired) electrons. The summed E-state index contributed by atoms with van der Waals surface area (Å²) >= 11 is 3.65. The molecule has 4 heteroatoms. The summed E-state index contributed by atoms with van der Waals surface area (Å²) in [6.07, 6.45) is -0.567. The summed E-state index contributed by atoms with van der Waals surface area (Å²) in [6, 6.07) is 17.6. The van der Waals surface area contributed by atoms with E-state index in [1.807, 2.05) is 54.6 Å². The first-order chi connectivity index (χ1) is 10.2. The first-order valence-corrected chi connectivity index (χ1v) is 7.70. The van der Waals surface area contributed by atoms with E-state index in [1.54, 1.807) is 0 Å². The van der Waals surface area contributed by atoms with E-state index < -0.39 is 0 Å². The predicted molar refractivity (Wildman–Crippen MR) is 83.5 cm³/mol. The molecule has 21 heavy (non-hydrogen) atoms. The van der Waals surface area contributed by atoms with Gasteiger partial charge in [0.25, 0.3) is 0 Å². The summed E-state index contributed by atoms with van der Waals surface area (Å²) in [5, 5.41) is 0. The van der Waals surface area contributed by atoms with E-state index in [9.17, 15) is 4.79 Å². The van der Waals surface area contributed by atoms with Crippen LogP contribution in [0.4, 0.5) is 0 Å². The Morgan fingerprint density at radius 3 is 2.48 bits per heavy atom. The zero-order valence-corrected chi connectivity index (χ0v) is 13.1. The number of fused-ring (bicyclic) bond motifs is 1. The number of alkyl halides is 1. The molecule has 3 rings (SSSR count). The highest BCUT2D eigenvalue weighted by atomic mass is 79.9. The highest BCUT2D eigenvalue weighted by molar-refractivity contribution is 9.09. The normalized spacial score (nSPS) is 23.8. The SMILES string of the molecule is CC(=O)O[C@H]1c2ccccc2O[C@H](c2ccccc2)[C@@H]1Br. The topological polar surface area (TPSA) is 35.5 Å². The number of halogens is 1. The molecule has 2 aromatic carbocycles. The maximum absolute atomic E-state index is 11.4. The Morgan fingerprint density at radius 2 is 1.76 bits per heavy atom. The molecule has 3 nitrogen and oxygen atoms in total. The fraction of sp³-hybridized carbons (Fsp3) is 0.235. The van der Waals surface area contributed by atoms with Crippen molar-refractivity contribution in [1.29, 1.82) is 0 Å². The van der Waals surface area contributed by atoms with Crippen LogP contribution < -0.4 is 4.74 Å². The van der Waals surface area contributed by atoms with Crippen LogP contribution in [-0.4, -0.2) is 10.8 Å². The average molecular weight is 347 g/mol. The van der Waals surface area contributed by atoms with Gasteiger partial charge in [0, 0.05) is 12.5 Å². The molecule has 0 unspecified atom stereocenters. The second-order valence-electron chi connectivity index (χ2n) is 4.96. The summed E-state index contributed by atoms with van der Waals surface area (Å²) in [4.78, 5) is 11.3. The van der Waals surface area contributed by atoms with Gasteiger partial charge in [0.05, 0.1) is 4.83 Å². The van der Waals surface area contributed by atoms with Gasteiger partial charge in [0.1, 0.15) is 18.0 Å². The number of carbonyl (C=O) groups is 1. The molecule has 0 spiro atoms. The molecule has 108 valence electrons. The van der Waals surface area contributed by atoms with Gasteiger partial charge in [-0.1, -0.05) is 64.5 Å². The van der Waals surface area contributed by atoms with Gasteiger partial charge in [-0.2, -0.15) is 0 Å².